The summed E-state index contributed by atoms with van der Waals surface area (Å²) in [6.45, 7) is 7.22. The first-order valence-electron chi connectivity index (χ1n) is 7.59. The number of hydrogen-bond donors (Lipinski definition) is 1. The van der Waals surface area contributed by atoms with Gasteiger partial charge in [-0.2, -0.15) is 0 Å². The molecule has 0 radical (unpaired) electrons. The van der Waals surface area contributed by atoms with Crippen molar-refractivity contribution in [3.05, 3.63) is 29.8 Å². The van der Waals surface area contributed by atoms with E-state index in [9.17, 15) is 22.8 Å². The Labute approximate surface area is 139 Å². The molecule has 0 bridgehead atoms. The Balaban J connectivity index is 2.80. The molecule has 0 spiro atoms. The second-order valence-electron chi connectivity index (χ2n) is 6.56. The summed E-state index contributed by atoms with van der Waals surface area (Å²) < 4.78 is 40.5. The Morgan fingerprint density at radius 3 is 2.33 bits per heavy atom. The zero-order chi connectivity index (χ0) is 18.5. The molecule has 0 aliphatic rings. The van der Waals surface area contributed by atoms with Crippen molar-refractivity contribution in [1.82, 2.24) is 5.32 Å². The molecule has 0 saturated carbocycles. The molecule has 0 aliphatic carbocycles. The third kappa shape index (κ3) is 6.60. The number of amides is 1. The van der Waals surface area contributed by atoms with Gasteiger partial charge in [0, 0.05) is 6.42 Å². The maximum atomic E-state index is 12.2. The second kappa shape index (κ2) is 7.68. The van der Waals surface area contributed by atoms with Crippen LogP contribution in [0.25, 0.3) is 0 Å². The summed E-state index contributed by atoms with van der Waals surface area (Å²) in [5.74, 6) is -0.907. The molecule has 1 atom stereocenters. The van der Waals surface area contributed by atoms with Crippen LogP contribution in [-0.2, 0) is 16.0 Å². The maximum Gasteiger partial charge on any atom is 0.573 e. The molecule has 7 heteroatoms. The molecule has 1 amide bonds. The average molecular weight is 345 g/mol. The number of alkyl halides is 3. The van der Waals surface area contributed by atoms with Crippen LogP contribution in [0, 0.1) is 5.41 Å². The highest BCUT2D eigenvalue weighted by atomic mass is 19.4. The van der Waals surface area contributed by atoms with Gasteiger partial charge in [-0.25, -0.2) is 0 Å². The molecule has 1 N–H and O–H groups in total. The van der Waals surface area contributed by atoms with Crippen LogP contribution in [0.4, 0.5) is 13.2 Å². The summed E-state index contributed by atoms with van der Waals surface area (Å²) in [4.78, 5) is 24.2. The third-order valence-corrected chi connectivity index (χ3v) is 3.34. The Hall–Kier alpha value is -2.05. The lowest BCUT2D eigenvalue weighted by atomic mass is 9.83. The second-order valence-corrected chi connectivity index (χ2v) is 6.56. The van der Waals surface area contributed by atoms with Crippen LogP contribution in [0.15, 0.2) is 24.3 Å². The minimum atomic E-state index is -4.79. The fraction of sp³-hybridized carbons (Fsp3) is 0.529. The predicted molar refractivity (Wildman–Crippen MR) is 83.5 cm³/mol. The van der Waals surface area contributed by atoms with Gasteiger partial charge in [0.15, 0.2) is 5.78 Å². The Bertz CT molecular complexity index is 591. The summed E-state index contributed by atoms with van der Waals surface area (Å²) in [7, 11) is 0. The van der Waals surface area contributed by atoms with Crippen molar-refractivity contribution in [2.75, 3.05) is 0 Å². The molecule has 24 heavy (non-hydrogen) atoms. The summed E-state index contributed by atoms with van der Waals surface area (Å²) in [6, 6.07) is 4.57. The number of nitrogens with one attached hydrogen (secondary N) is 1. The van der Waals surface area contributed by atoms with Gasteiger partial charge in [0.25, 0.3) is 0 Å². The van der Waals surface area contributed by atoms with E-state index in [2.05, 4.69) is 10.1 Å². The highest BCUT2D eigenvalue weighted by Gasteiger charge is 2.32. The van der Waals surface area contributed by atoms with E-state index in [1.165, 1.54) is 12.1 Å². The molecule has 1 unspecified atom stereocenters. The molecule has 0 aliphatic heterocycles. The minimum Gasteiger partial charge on any atom is -0.406 e. The number of carbonyl (C=O) groups is 2. The number of ketones is 1. The van der Waals surface area contributed by atoms with E-state index in [4.69, 9.17) is 0 Å². The van der Waals surface area contributed by atoms with Crippen LogP contribution in [0.2, 0.25) is 0 Å². The summed E-state index contributed by atoms with van der Waals surface area (Å²) in [6.07, 6.45) is -4.64. The molecule has 0 aromatic heterocycles. The van der Waals surface area contributed by atoms with Crippen LogP contribution in [0.5, 0.6) is 5.75 Å². The van der Waals surface area contributed by atoms with Crippen LogP contribution >= 0.6 is 0 Å². The first-order chi connectivity index (χ1) is 10.9. The van der Waals surface area contributed by atoms with Crippen molar-refractivity contribution in [3.8, 4) is 5.75 Å². The summed E-state index contributed by atoms with van der Waals surface area (Å²) in [5, 5.41) is 2.67. The van der Waals surface area contributed by atoms with Crippen molar-refractivity contribution in [2.24, 2.45) is 5.41 Å². The zero-order valence-corrected chi connectivity index (χ0v) is 14.2. The summed E-state index contributed by atoms with van der Waals surface area (Å²) >= 11 is 0. The van der Waals surface area contributed by atoms with E-state index in [1.54, 1.807) is 6.92 Å². The molecule has 1 aromatic carbocycles. The lowest BCUT2D eigenvalue weighted by molar-refractivity contribution is -0.274. The van der Waals surface area contributed by atoms with Gasteiger partial charge in [0.2, 0.25) is 5.91 Å². The lowest BCUT2D eigenvalue weighted by Gasteiger charge is -2.30. The van der Waals surface area contributed by atoms with Crippen molar-refractivity contribution in [3.63, 3.8) is 0 Å². The number of halogens is 3. The number of benzene rings is 1. The van der Waals surface area contributed by atoms with Crippen molar-refractivity contribution >= 4 is 11.7 Å². The fourth-order valence-electron chi connectivity index (χ4n) is 2.23. The SMILES string of the molecule is CCC(=O)C(NC(=O)Cc1cccc(OC(F)(F)F)c1)C(C)(C)C. The molecule has 0 heterocycles. The molecule has 1 rings (SSSR count). The highest BCUT2D eigenvalue weighted by Crippen LogP contribution is 2.24. The first-order valence-corrected chi connectivity index (χ1v) is 7.59. The predicted octanol–water partition coefficient (Wildman–Crippen LogP) is 3.64. The normalized spacial score (nSPS) is 13.3. The maximum absolute atomic E-state index is 12.2. The van der Waals surface area contributed by atoms with E-state index < -0.39 is 23.7 Å². The fourth-order valence-corrected chi connectivity index (χ4v) is 2.23. The summed E-state index contributed by atoms with van der Waals surface area (Å²) in [5.41, 5.74) is -0.0878. The standard InChI is InChI=1S/C17H22F3NO3/c1-5-13(22)15(16(2,3)4)21-14(23)10-11-7-6-8-12(9-11)24-17(18,19)20/h6-9,15H,5,10H2,1-4H3,(H,21,23). The first kappa shape index (κ1) is 20.0. The number of carbonyl (C=O) groups excluding carboxylic acids is 2. The number of hydrogen-bond acceptors (Lipinski definition) is 3. The van der Waals surface area contributed by atoms with Crippen LogP contribution < -0.4 is 10.1 Å². The average Bonchev–Trinajstić information content (AvgIpc) is 2.41. The Kier molecular flexibility index (Phi) is 6.40. The van der Waals surface area contributed by atoms with Crippen molar-refractivity contribution in [2.45, 2.75) is 52.9 Å². The van der Waals surface area contributed by atoms with E-state index in [1.807, 2.05) is 20.8 Å². The number of rotatable bonds is 6. The van der Waals surface area contributed by atoms with E-state index in [0.717, 1.165) is 12.1 Å². The highest BCUT2D eigenvalue weighted by molar-refractivity contribution is 5.90. The Morgan fingerprint density at radius 1 is 1.21 bits per heavy atom. The van der Waals surface area contributed by atoms with Crippen LogP contribution in [0.1, 0.15) is 39.7 Å². The zero-order valence-electron chi connectivity index (χ0n) is 14.2. The molecule has 0 saturated heterocycles. The largest absolute Gasteiger partial charge is 0.573 e. The van der Waals surface area contributed by atoms with Crippen LogP contribution in [0.3, 0.4) is 0 Å². The molecule has 4 nitrogen and oxygen atoms in total. The van der Waals surface area contributed by atoms with E-state index >= 15 is 0 Å². The third-order valence-electron chi connectivity index (χ3n) is 3.34. The van der Waals surface area contributed by atoms with E-state index in [0.29, 0.717) is 5.56 Å². The Morgan fingerprint density at radius 2 is 1.83 bits per heavy atom. The van der Waals surface area contributed by atoms with Gasteiger partial charge in [-0.05, 0) is 23.1 Å². The van der Waals surface area contributed by atoms with E-state index in [-0.39, 0.29) is 24.4 Å². The van der Waals surface area contributed by atoms with Crippen LogP contribution in [-0.4, -0.2) is 24.1 Å². The van der Waals surface area contributed by atoms with Gasteiger partial charge in [-0.15, -0.1) is 13.2 Å². The van der Waals surface area contributed by atoms with Crippen molar-refractivity contribution < 1.29 is 27.5 Å². The number of Topliss-reactive ketones (excluding diaryl/α,β-unsaturated/α-hetero) is 1. The van der Waals surface area contributed by atoms with Gasteiger partial charge >= 0.3 is 6.36 Å². The van der Waals surface area contributed by atoms with Gasteiger partial charge in [-0.1, -0.05) is 39.8 Å². The van der Waals surface area contributed by atoms with Gasteiger partial charge < -0.3 is 10.1 Å². The molecule has 1 aromatic rings. The molecule has 0 fully saturated rings. The van der Waals surface area contributed by atoms with Crippen molar-refractivity contribution in [1.29, 1.82) is 0 Å². The van der Waals surface area contributed by atoms with Gasteiger partial charge in [0.1, 0.15) is 5.75 Å². The monoisotopic (exact) mass is 345 g/mol. The minimum absolute atomic E-state index is 0.0926. The lowest BCUT2D eigenvalue weighted by Crippen LogP contribution is -2.49. The molecular weight excluding hydrogens is 323 g/mol. The number of ether oxygens (including phenoxy) is 1. The smallest absolute Gasteiger partial charge is 0.406 e. The van der Waals surface area contributed by atoms with Gasteiger partial charge in [0.05, 0.1) is 12.5 Å². The quantitative estimate of drug-likeness (QED) is 0.856. The topological polar surface area (TPSA) is 55.4 Å². The van der Waals surface area contributed by atoms with Gasteiger partial charge in [-0.3, -0.25) is 9.59 Å². The molecular formula is C17H22F3NO3. The molecule has 134 valence electrons.